The van der Waals surface area contributed by atoms with E-state index < -0.39 is 0 Å². The molecule has 5 nitrogen and oxygen atoms in total. The van der Waals surface area contributed by atoms with Gasteiger partial charge in [0.05, 0.1) is 5.25 Å². The van der Waals surface area contributed by atoms with E-state index >= 15 is 0 Å². The molecule has 0 saturated heterocycles. The second-order valence-corrected chi connectivity index (χ2v) is 8.18. The Balaban J connectivity index is 1.49. The zero-order valence-electron chi connectivity index (χ0n) is 15.5. The highest BCUT2D eigenvalue weighted by atomic mass is 32.2. The Bertz CT molecular complexity index is 968. The van der Waals surface area contributed by atoms with Crippen molar-refractivity contribution in [3.63, 3.8) is 0 Å². The fourth-order valence-electron chi connectivity index (χ4n) is 3.37. The Morgan fingerprint density at radius 1 is 1.19 bits per heavy atom. The van der Waals surface area contributed by atoms with Crippen LogP contribution in [0.15, 0.2) is 58.2 Å². The molecular weight excluding hydrogens is 358 g/mol. The summed E-state index contributed by atoms with van der Waals surface area (Å²) in [6.45, 7) is 6.00. The molecule has 138 valence electrons. The van der Waals surface area contributed by atoms with Crippen molar-refractivity contribution in [2.75, 3.05) is 4.90 Å². The smallest absolute Gasteiger partial charge is 0.277 e. The average Bonchev–Trinajstić information content (AvgIpc) is 3.25. The van der Waals surface area contributed by atoms with Crippen LogP contribution in [0.1, 0.15) is 25.0 Å². The molecule has 2 atom stereocenters. The van der Waals surface area contributed by atoms with Gasteiger partial charge in [-0.2, -0.15) is 0 Å². The van der Waals surface area contributed by atoms with E-state index in [1.807, 2.05) is 61.2 Å². The van der Waals surface area contributed by atoms with Gasteiger partial charge in [0.2, 0.25) is 11.8 Å². The molecule has 3 aromatic rings. The molecule has 1 aliphatic heterocycles. The van der Waals surface area contributed by atoms with Gasteiger partial charge >= 0.3 is 0 Å². The molecule has 0 aliphatic carbocycles. The summed E-state index contributed by atoms with van der Waals surface area (Å²) in [5.74, 6) is 0.532. The van der Waals surface area contributed by atoms with Crippen molar-refractivity contribution in [3.05, 3.63) is 59.7 Å². The largest absolute Gasteiger partial charge is 0.411 e. The number of thioether (sulfide) groups is 1. The maximum atomic E-state index is 13.1. The van der Waals surface area contributed by atoms with E-state index in [0.717, 1.165) is 17.7 Å². The van der Waals surface area contributed by atoms with Gasteiger partial charge < -0.3 is 9.32 Å². The van der Waals surface area contributed by atoms with Crippen molar-refractivity contribution in [2.45, 2.75) is 43.7 Å². The fourth-order valence-corrected chi connectivity index (χ4v) is 4.10. The molecule has 0 spiro atoms. The summed E-state index contributed by atoms with van der Waals surface area (Å²) in [4.78, 5) is 14.9. The first-order valence-electron chi connectivity index (χ1n) is 9.01. The lowest BCUT2D eigenvalue weighted by atomic mass is 10.1. The van der Waals surface area contributed by atoms with Crippen molar-refractivity contribution in [1.29, 1.82) is 0 Å². The standard InChI is InChI=1S/C21H21N3O2S/c1-13-8-10-16(11-9-13)19-22-23-21(26-19)27-15(3)20(25)24-14(2)12-17-6-4-5-7-18(17)24/h4-11,14-15H,12H2,1-3H3/t14-,15-/m1/s1. The Morgan fingerprint density at radius 2 is 1.93 bits per heavy atom. The molecule has 0 fully saturated rings. The number of para-hydroxylation sites is 1. The number of amides is 1. The quantitative estimate of drug-likeness (QED) is 0.625. The van der Waals surface area contributed by atoms with Gasteiger partial charge in [-0.25, -0.2) is 0 Å². The molecule has 0 bridgehead atoms. The van der Waals surface area contributed by atoms with E-state index in [1.54, 1.807) is 0 Å². The van der Waals surface area contributed by atoms with E-state index in [1.165, 1.54) is 22.9 Å². The van der Waals surface area contributed by atoms with Gasteiger partial charge in [-0.05, 0) is 51.0 Å². The van der Waals surface area contributed by atoms with Crippen molar-refractivity contribution >= 4 is 23.4 Å². The Labute approximate surface area is 162 Å². The summed E-state index contributed by atoms with van der Waals surface area (Å²) in [7, 11) is 0. The van der Waals surface area contributed by atoms with Crippen LogP contribution in [0.3, 0.4) is 0 Å². The second-order valence-electron chi connectivity index (χ2n) is 6.89. The first kappa shape index (κ1) is 17.8. The van der Waals surface area contributed by atoms with Gasteiger partial charge in [0.25, 0.3) is 5.22 Å². The minimum absolute atomic E-state index is 0.0625. The number of rotatable bonds is 4. The lowest BCUT2D eigenvalue weighted by molar-refractivity contribution is -0.118. The summed E-state index contributed by atoms with van der Waals surface area (Å²) in [5, 5.41) is 8.31. The summed E-state index contributed by atoms with van der Waals surface area (Å²) in [5.41, 5.74) is 4.27. The number of anilines is 1. The Hall–Kier alpha value is -2.60. The number of aryl methyl sites for hydroxylation is 1. The highest BCUT2D eigenvalue weighted by Crippen LogP contribution is 2.35. The summed E-state index contributed by atoms with van der Waals surface area (Å²) in [6.07, 6.45) is 0.886. The van der Waals surface area contributed by atoms with Gasteiger partial charge in [-0.1, -0.05) is 47.7 Å². The van der Waals surface area contributed by atoms with Gasteiger partial charge in [0.1, 0.15) is 0 Å². The molecule has 1 aromatic heterocycles. The monoisotopic (exact) mass is 379 g/mol. The SMILES string of the molecule is Cc1ccc(-c2nnc(S[C@H](C)C(=O)N3c4ccccc4C[C@H]3C)o2)cc1. The Morgan fingerprint density at radius 3 is 2.70 bits per heavy atom. The van der Waals surface area contributed by atoms with Crippen molar-refractivity contribution in [1.82, 2.24) is 10.2 Å². The number of nitrogens with zero attached hydrogens (tertiary/aromatic N) is 3. The zero-order valence-corrected chi connectivity index (χ0v) is 16.4. The number of benzene rings is 2. The molecule has 0 radical (unpaired) electrons. The third-order valence-corrected chi connectivity index (χ3v) is 5.70. The third-order valence-electron chi connectivity index (χ3n) is 4.78. The fraction of sp³-hybridized carbons (Fsp3) is 0.286. The van der Waals surface area contributed by atoms with Crippen LogP contribution in [0, 0.1) is 6.92 Å². The van der Waals surface area contributed by atoms with Crippen molar-refractivity contribution in [3.8, 4) is 11.5 Å². The number of aromatic nitrogens is 2. The molecular formula is C21H21N3O2S. The van der Waals surface area contributed by atoms with E-state index in [0.29, 0.717) is 11.1 Å². The normalized spacial score (nSPS) is 17.0. The zero-order chi connectivity index (χ0) is 19.0. The second kappa shape index (κ2) is 7.19. The maximum Gasteiger partial charge on any atom is 0.277 e. The van der Waals surface area contributed by atoms with Gasteiger partial charge in [0.15, 0.2) is 0 Å². The molecule has 2 aromatic carbocycles. The highest BCUT2D eigenvalue weighted by molar-refractivity contribution is 8.00. The summed E-state index contributed by atoms with van der Waals surface area (Å²) < 4.78 is 5.76. The summed E-state index contributed by atoms with van der Waals surface area (Å²) >= 11 is 1.30. The van der Waals surface area contributed by atoms with Crippen LogP contribution in [0.2, 0.25) is 0 Å². The van der Waals surface area contributed by atoms with Gasteiger partial charge in [-0.3, -0.25) is 4.79 Å². The van der Waals surface area contributed by atoms with Gasteiger partial charge in [-0.15, -0.1) is 10.2 Å². The van der Waals surface area contributed by atoms with Crippen LogP contribution in [-0.4, -0.2) is 27.4 Å². The summed E-state index contributed by atoms with van der Waals surface area (Å²) in [6, 6.07) is 16.2. The van der Waals surface area contributed by atoms with Crippen LogP contribution < -0.4 is 4.90 Å². The van der Waals surface area contributed by atoms with Crippen LogP contribution in [-0.2, 0) is 11.2 Å². The molecule has 0 saturated carbocycles. The number of fused-ring (bicyclic) bond motifs is 1. The van der Waals surface area contributed by atoms with E-state index in [2.05, 4.69) is 23.2 Å². The molecule has 0 N–H and O–H groups in total. The molecule has 1 aliphatic rings. The molecule has 0 unspecified atom stereocenters. The first-order chi connectivity index (χ1) is 13.0. The lowest BCUT2D eigenvalue weighted by Crippen LogP contribution is -2.40. The molecule has 1 amide bonds. The van der Waals surface area contributed by atoms with Crippen LogP contribution in [0.4, 0.5) is 5.69 Å². The third kappa shape index (κ3) is 3.49. The minimum Gasteiger partial charge on any atom is -0.411 e. The average molecular weight is 379 g/mol. The predicted octanol–water partition coefficient (Wildman–Crippen LogP) is 4.50. The topological polar surface area (TPSA) is 59.2 Å². The highest BCUT2D eigenvalue weighted by Gasteiger charge is 2.34. The van der Waals surface area contributed by atoms with Crippen molar-refractivity contribution < 1.29 is 9.21 Å². The van der Waals surface area contributed by atoms with E-state index in [4.69, 9.17) is 4.42 Å². The Kier molecular flexibility index (Phi) is 4.74. The van der Waals surface area contributed by atoms with Crippen molar-refractivity contribution in [2.24, 2.45) is 0 Å². The van der Waals surface area contributed by atoms with E-state index in [9.17, 15) is 4.79 Å². The number of carbonyl (C=O) groups excluding carboxylic acids is 1. The van der Waals surface area contributed by atoms with Crippen LogP contribution >= 0.6 is 11.8 Å². The predicted molar refractivity (Wildman–Crippen MR) is 107 cm³/mol. The van der Waals surface area contributed by atoms with Gasteiger partial charge in [0, 0.05) is 17.3 Å². The molecule has 2 heterocycles. The molecule has 4 rings (SSSR count). The van der Waals surface area contributed by atoms with Crippen LogP contribution in [0.5, 0.6) is 0 Å². The minimum atomic E-state index is -0.315. The first-order valence-corrected chi connectivity index (χ1v) is 9.89. The number of hydrogen-bond acceptors (Lipinski definition) is 5. The number of hydrogen-bond donors (Lipinski definition) is 0. The lowest BCUT2D eigenvalue weighted by Gasteiger charge is -2.25. The molecule has 6 heteroatoms. The maximum absolute atomic E-state index is 13.1. The van der Waals surface area contributed by atoms with E-state index in [-0.39, 0.29) is 17.2 Å². The van der Waals surface area contributed by atoms with Crippen LogP contribution in [0.25, 0.3) is 11.5 Å². The molecule has 27 heavy (non-hydrogen) atoms. The number of carbonyl (C=O) groups is 1.